The fourth-order valence-corrected chi connectivity index (χ4v) is 3.60. The van der Waals surface area contributed by atoms with Crippen LogP contribution in [0, 0.1) is 11.6 Å². The van der Waals surface area contributed by atoms with Crippen LogP contribution >= 0.6 is 11.3 Å². The third-order valence-electron chi connectivity index (χ3n) is 4.19. The second-order valence-corrected chi connectivity index (χ2v) is 6.76. The summed E-state index contributed by atoms with van der Waals surface area (Å²) < 4.78 is 27.1. The molecule has 1 aromatic heterocycles. The van der Waals surface area contributed by atoms with E-state index in [1.54, 1.807) is 0 Å². The van der Waals surface area contributed by atoms with Gasteiger partial charge in [0.1, 0.15) is 11.6 Å². The van der Waals surface area contributed by atoms with Crippen LogP contribution in [0.25, 0.3) is 0 Å². The first-order chi connectivity index (χ1) is 11.5. The number of halogens is 2. The summed E-state index contributed by atoms with van der Waals surface area (Å²) in [4.78, 5) is 29.9. The van der Waals surface area contributed by atoms with E-state index >= 15 is 0 Å². The number of nitrogens with zero attached hydrogens (tertiary/aromatic N) is 2. The van der Waals surface area contributed by atoms with Crippen LogP contribution in [0.4, 0.5) is 19.6 Å². The number of thiazole rings is 1. The second-order valence-electron chi connectivity index (χ2n) is 5.90. The maximum Gasteiger partial charge on any atom is 0.316 e. The number of benzene rings is 1. The van der Waals surface area contributed by atoms with Crippen molar-refractivity contribution in [2.45, 2.75) is 25.2 Å². The van der Waals surface area contributed by atoms with Gasteiger partial charge >= 0.3 is 11.8 Å². The van der Waals surface area contributed by atoms with Gasteiger partial charge in [0.2, 0.25) is 0 Å². The van der Waals surface area contributed by atoms with Crippen molar-refractivity contribution in [2.75, 3.05) is 16.8 Å². The second kappa shape index (κ2) is 5.62. The Morgan fingerprint density at radius 3 is 2.83 bits per heavy atom. The van der Waals surface area contributed by atoms with Crippen molar-refractivity contribution in [3.8, 4) is 0 Å². The first kappa shape index (κ1) is 15.2. The van der Waals surface area contributed by atoms with Gasteiger partial charge in [-0.2, -0.15) is 0 Å². The highest BCUT2D eigenvalue weighted by molar-refractivity contribution is 7.14. The zero-order valence-electron chi connectivity index (χ0n) is 12.5. The Morgan fingerprint density at radius 2 is 2.08 bits per heavy atom. The number of nitrogens with one attached hydrogen (secondary N) is 1. The quantitative estimate of drug-likeness (QED) is 0.848. The van der Waals surface area contributed by atoms with Gasteiger partial charge in [-0.25, -0.2) is 13.8 Å². The Kier molecular flexibility index (Phi) is 3.56. The lowest BCUT2D eigenvalue weighted by Crippen LogP contribution is -2.38. The molecule has 124 valence electrons. The summed E-state index contributed by atoms with van der Waals surface area (Å²) in [6, 6.07) is 1.85. The van der Waals surface area contributed by atoms with Gasteiger partial charge in [-0.3, -0.25) is 14.9 Å². The minimum absolute atomic E-state index is 0.116. The van der Waals surface area contributed by atoms with Crippen LogP contribution in [0.1, 0.15) is 30.0 Å². The highest BCUT2D eigenvalue weighted by Crippen LogP contribution is 2.41. The minimum atomic E-state index is -0.857. The molecule has 1 saturated carbocycles. The third-order valence-corrected chi connectivity index (χ3v) is 4.97. The van der Waals surface area contributed by atoms with Crippen molar-refractivity contribution in [2.24, 2.45) is 0 Å². The molecular formula is C16H13F2N3O2S. The number of carbonyl (C=O) groups is 2. The predicted molar refractivity (Wildman–Crippen MR) is 85.1 cm³/mol. The zero-order chi connectivity index (χ0) is 16.8. The van der Waals surface area contributed by atoms with Gasteiger partial charge in [-0.15, -0.1) is 11.3 Å². The molecule has 0 bridgehead atoms. The first-order valence-electron chi connectivity index (χ1n) is 7.59. The number of carbonyl (C=O) groups excluding carboxylic acids is 2. The standard InChI is InChI=1S/C16H13F2N3O2S/c17-9-5-11(18)10-3-4-21(13(10)6-9)15(23)14(22)20-16-19-12(7-24-16)8-1-2-8/h5-8H,1-4H2,(H,19,20,22). The van der Waals surface area contributed by atoms with E-state index in [0.29, 0.717) is 11.0 Å². The molecule has 1 N–H and O–H groups in total. The van der Waals surface area contributed by atoms with Crippen molar-refractivity contribution in [3.05, 3.63) is 40.4 Å². The maximum absolute atomic E-state index is 13.7. The number of rotatable bonds is 2. The zero-order valence-corrected chi connectivity index (χ0v) is 13.3. The van der Waals surface area contributed by atoms with E-state index < -0.39 is 23.4 Å². The van der Waals surface area contributed by atoms with Gasteiger partial charge < -0.3 is 4.90 Å². The predicted octanol–water partition coefficient (Wildman–Crippen LogP) is 2.83. The molecular weight excluding hydrogens is 336 g/mol. The van der Waals surface area contributed by atoms with Gasteiger partial charge in [0.25, 0.3) is 0 Å². The minimum Gasteiger partial charge on any atom is -0.303 e. The number of aromatic nitrogens is 1. The Balaban J connectivity index is 1.51. The van der Waals surface area contributed by atoms with E-state index in [1.165, 1.54) is 11.3 Å². The van der Waals surface area contributed by atoms with Gasteiger partial charge in [-0.05, 0) is 25.3 Å². The Bertz CT molecular complexity index is 848. The lowest BCUT2D eigenvalue weighted by molar-refractivity contribution is -0.134. The normalized spacial score (nSPS) is 16.2. The Hall–Kier alpha value is -2.35. The van der Waals surface area contributed by atoms with Gasteiger partial charge in [0, 0.05) is 29.5 Å². The van der Waals surface area contributed by atoms with E-state index in [9.17, 15) is 18.4 Å². The van der Waals surface area contributed by atoms with E-state index in [0.717, 1.165) is 35.6 Å². The average Bonchev–Trinajstić information content (AvgIpc) is 3.14. The van der Waals surface area contributed by atoms with Crippen molar-refractivity contribution in [3.63, 3.8) is 0 Å². The number of amides is 2. The smallest absolute Gasteiger partial charge is 0.303 e. The molecule has 5 nitrogen and oxygen atoms in total. The molecule has 1 aliphatic carbocycles. The summed E-state index contributed by atoms with van der Waals surface area (Å²) in [5.74, 6) is -2.72. The highest BCUT2D eigenvalue weighted by atomic mass is 32.1. The van der Waals surface area contributed by atoms with Crippen LogP contribution in [0.2, 0.25) is 0 Å². The van der Waals surface area contributed by atoms with Crippen molar-refractivity contribution < 1.29 is 18.4 Å². The van der Waals surface area contributed by atoms with Crippen molar-refractivity contribution in [1.29, 1.82) is 0 Å². The summed E-state index contributed by atoms with van der Waals surface area (Å²) >= 11 is 1.26. The summed E-state index contributed by atoms with van der Waals surface area (Å²) in [6.45, 7) is 0.146. The van der Waals surface area contributed by atoms with E-state index in [2.05, 4.69) is 10.3 Å². The summed E-state index contributed by atoms with van der Waals surface area (Å²) in [5.41, 5.74) is 1.30. The Morgan fingerprint density at radius 1 is 1.29 bits per heavy atom. The number of fused-ring (bicyclic) bond motifs is 1. The average molecular weight is 349 g/mol. The molecule has 0 spiro atoms. The number of anilines is 2. The number of hydrogen-bond acceptors (Lipinski definition) is 4. The SMILES string of the molecule is O=C(Nc1nc(C2CC2)cs1)C(=O)N1CCc2c(F)cc(F)cc21. The van der Waals surface area contributed by atoms with Crippen LogP contribution in [0.3, 0.4) is 0 Å². The van der Waals surface area contributed by atoms with Crippen molar-refractivity contribution in [1.82, 2.24) is 4.98 Å². The molecule has 8 heteroatoms. The molecule has 2 aliphatic rings. The molecule has 0 radical (unpaired) electrons. The van der Waals surface area contributed by atoms with Crippen LogP contribution in [0.5, 0.6) is 0 Å². The fraction of sp³-hybridized carbons (Fsp3) is 0.312. The van der Waals surface area contributed by atoms with E-state index in [4.69, 9.17) is 0 Å². The van der Waals surface area contributed by atoms with Gasteiger partial charge in [0.15, 0.2) is 5.13 Å². The van der Waals surface area contributed by atoms with Gasteiger partial charge in [-0.1, -0.05) is 0 Å². The molecule has 0 atom stereocenters. The molecule has 2 aromatic rings. The fourth-order valence-electron chi connectivity index (χ4n) is 2.82. The molecule has 1 fully saturated rings. The largest absolute Gasteiger partial charge is 0.316 e. The Labute approximate surface area is 140 Å². The summed E-state index contributed by atoms with van der Waals surface area (Å²) in [6.07, 6.45) is 2.44. The topological polar surface area (TPSA) is 62.3 Å². The summed E-state index contributed by atoms with van der Waals surface area (Å²) in [7, 11) is 0. The molecule has 4 rings (SSSR count). The molecule has 2 heterocycles. The van der Waals surface area contributed by atoms with Crippen LogP contribution in [-0.4, -0.2) is 23.3 Å². The molecule has 24 heavy (non-hydrogen) atoms. The van der Waals surface area contributed by atoms with Gasteiger partial charge in [0.05, 0.1) is 11.4 Å². The molecule has 0 unspecified atom stereocenters. The lowest BCUT2D eigenvalue weighted by atomic mass is 10.1. The lowest BCUT2D eigenvalue weighted by Gasteiger charge is -2.16. The van der Waals surface area contributed by atoms with Crippen molar-refractivity contribution >= 4 is 34.0 Å². The molecule has 1 aliphatic heterocycles. The van der Waals surface area contributed by atoms with E-state index in [1.807, 2.05) is 5.38 Å². The van der Waals surface area contributed by atoms with Crippen LogP contribution in [0.15, 0.2) is 17.5 Å². The molecule has 0 saturated heterocycles. The number of hydrogen-bond donors (Lipinski definition) is 1. The van der Waals surface area contributed by atoms with Crippen LogP contribution < -0.4 is 10.2 Å². The maximum atomic E-state index is 13.7. The van der Waals surface area contributed by atoms with E-state index in [-0.39, 0.29) is 24.2 Å². The monoisotopic (exact) mass is 349 g/mol. The van der Waals surface area contributed by atoms with Crippen LogP contribution in [-0.2, 0) is 16.0 Å². The first-order valence-corrected chi connectivity index (χ1v) is 8.47. The molecule has 1 aromatic carbocycles. The summed E-state index contributed by atoms with van der Waals surface area (Å²) in [5, 5.41) is 4.70. The molecule has 2 amide bonds. The highest BCUT2D eigenvalue weighted by Gasteiger charge is 2.32. The third kappa shape index (κ3) is 2.66.